The van der Waals surface area contributed by atoms with Gasteiger partial charge in [0.1, 0.15) is 0 Å². The van der Waals surface area contributed by atoms with Crippen molar-refractivity contribution < 1.29 is 4.79 Å². The highest BCUT2D eigenvalue weighted by Gasteiger charge is 2.17. The van der Waals surface area contributed by atoms with Gasteiger partial charge in [-0.3, -0.25) is 4.79 Å². The van der Waals surface area contributed by atoms with E-state index in [0.29, 0.717) is 5.56 Å². The SMILES string of the molecule is Cc1ccc2nc(-c3ccsc3)cc(C(=O)N[C@@H](C)c3ccccc3)c2c1. The molecule has 4 aromatic rings. The van der Waals surface area contributed by atoms with E-state index in [0.717, 1.165) is 33.3 Å². The highest BCUT2D eigenvalue weighted by atomic mass is 32.1. The van der Waals surface area contributed by atoms with Crippen LogP contribution in [0, 0.1) is 6.92 Å². The van der Waals surface area contributed by atoms with Gasteiger partial charge in [0.05, 0.1) is 22.8 Å². The lowest BCUT2D eigenvalue weighted by Crippen LogP contribution is -2.27. The minimum Gasteiger partial charge on any atom is -0.345 e. The number of amides is 1. The van der Waals surface area contributed by atoms with E-state index in [4.69, 9.17) is 4.98 Å². The first-order valence-electron chi connectivity index (χ1n) is 8.91. The van der Waals surface area contributed by atoms with Crippen LogP contribution in [0.1, 0.15) is 34.5 Å². The van der Waals surface area contributed by atoms with Crippen molar-refractivity contribution in [1.82, 2.24) is 10.3 Å². The summed E-state index contributed by atoms with van der Waals surface area (Å²) in [5.74, 6) is -0.0826. The van der Waals surface area contributed by atoms with E-state index in [2.05, 4.69) is 10.7 Å². The molecule has 1 atom stereocenters. The van der Waals surface area contributed by atoms with Crippen molar-refractivity contribution >= 4 is 28.1 Å². The van der Waals surface area contributed by atoms with E-state index in [1.54, 1.807) is 11.3 Å². The Morgan fingerprint density at radius 3 is 2.63 bits per heavy atom. The van der Waals surface area contributed by atoms with Gasteiger partial charge in [0, 0.05) is 16.3 Å². The topological polar surface area (TPSA) is 42.0 Å². The van der Waals surface area contributed by atoms with Crippen LogP contribution in [0.25, 0.3) is 22.2 Å². The van der Waals surface area contributed by atoms with E-state index in [9.17, 15) is 4.79 Å². The van der Waals surface area contributed by atoms with Gasteiger partial charge in [-0.25, -0.2) is 4.98 Å². The van der Waals surface area contributed by atoms with Crippen LogP contribution in [0.5, 0.6) is 0 Å². The maximum atomic E-state index is 13.1. The smallest absolute Gasteiger partial charge is 0.252 e. The molecule has 2 aromatic heterocycles. The molecule has 2 heterocycles. The van der Waals surface area contributed by atoms with Crippen LogP contribution in [0.2, 0.25) is 0 Å². The summed E-state index contributed by atoms with van der Waals surface area (Å²) in [6, 6.07) is 19.9. The number of rotatable bonds is 4. The lowest BCUT2D eigenvalue weighted by atomic mass is 10.0. The second-order valence-corrected chi connectivity index (χ2v) is 7.47. The summed E-state index contributed by atoms with van der Waals surface area (Å²) in [6.07, 6.45) is 0. The molecule has 0 saturated carbocycles. The lowest BCUT2D eigenvalue weighted by molar-refractivity contribution is 0.0941. The number of pyridine rings is 1. The van der Waals surface area contributed by atoms with Crippen LogP contribution in [-0.4, -0.2) is 10.9 Å². The van der Waals surface area contributed by atoms with Crippen LogP contribution in [0.3, 0.4) is 0 Å². The average Bonchev–Trinajstić information content (AvgIpc) is 3.22. The monoisotopic (exact) mass is 372 g/mol. The molecule has 27 heavy (non-hydrogen) atoms. The number of benzene rings is 2. The van der Waals surface area contributed by atoms with Gasteiger partial charge in [-0.2, -0.15) is 11.3 Å². The molecule has 134 valence electrons. The first-order chi connectivity index (χ1) is 13.1. The van der Waals surface area contributed by atoms with Gasteiger partial charge >= 0.3 is 0 Å². The Morgan fingerprint density at radius 1 is 1.07 bits per heavy atom. The first kappa shape index (κ1) is 17.4. The largest absolute Gasteiger partial charge is 0.345 e. The molecule has 0 saturated heterocycles. The Hall–Kier alpha value is -2.98. The normalized spacial score (nSPS) is 12.1. The summed E-state index contributed by atoms with van der Waals surface area (Å²) < 4.78 is 0. The van der Waals surface area contributed by atoms with Crippen LogP contribution < -0.4 is 5.32 Å². The fourth-order valence-electron chi connectivity index (χ4n) is 3.19. The van der Waals surface area contributed by atoms with E-state index < -0.39 is 0 Å². The highest BCUT2D eigenvalue weighted by Crippen LogP contribution is 2.27. The third-order valence-corrected chi connectivity index (χ3v) is 5.36. The number of carbonyl (C=O) groups excluding carboxylic acids is 1. The predicted molar refractivity (Wildman–Crippen MR) is 112 cm³/mol. The quantitative estimate of drug-likeness (QED) is 0.495. The van der Waals surface area contributed by atoms with Gasteiger partial charge in [-0.15, -0.1) is 0 Å². The third-order valence-electron chi connectivity index (χ3n) is 4.67. The number of carbonyl (C=O) groups is 1. The minimum absolute atomic E-state index is 0.0729. The Balaban J connectivity index is 1.76. The summed E-state index contributed by atoms with van der Waals surface area (Å²) in [6.45, 7) is 4.03. The number of aromatic nitrogens is 1. The molecule has 1 amide bonds. The van der Waals surface area contributed by atoms with Crippen molar-refractivity contribution in [3.8, 4) is 11.3 Å². The van der Waals surface area contributed by atoms with E-state index in [1.165, 1.54) is 0 Å². The Kier molecular flexibility index (Phi) is 4.73. The summed E-state index contributed by atoms with van der Waals surface area (Å²) in [7, 11) is 0. The molecule has 0 radical (unpaired) electrons. The second-order valence-electron chi connectivity index (χ2n) is 6.69. The number of nitrogens with one attached hydrogen (secondary N) is 1. The molecule has 3 nitrogen and oxygen atoms in total. The molecular formula is C23H20N2OS. The number of hydrogen-bond acceptors (Lipinski definition) is 3. The van der Waals surface area contributed by atoms with Gasteiger partial charge in [0.2, 0.25) is 0 Å². The Bertz CT molecular complexity index is 1090. The predicted octanol–water partition coefficient (Wildman–Crippen LogP) is 5.76. The van der Waals surface area contributed by atoms with Crippen molar-refractivity contribution in [3.63, 3.8) is 0 Å². The van der Waals surface area contributed by atoms with Gasteiger partial charge in [0.25, 0.3) is 5.91 Å². The van der Waals surface area contributed by atoms with Gasteiger partial charge < -0.3 is 5.32 Å². The molecule has 4 heteroatoms. The maximum Gasteiger partial charge on any atom is 0.252 e. The van der Waals surface area contributed by atoms with E-state index in [-0.39, 0.29) is 11.9 Å². The molecule has 0 fully saturated rings. The number of fused-ring (bicyclic) bond motifs is 1. The summed E-state index contributed by atoms with van der Waals surface area (Å²) in [5.41, 5.74) is 5.54. The van der Waals surface area contributed by atoms with Crippen LogP contribution in [0.15, 0.2) is 71.4 Å². The zero-order valence-corrected chi connectivity index (χ0v) is 16.1. The van der Waals surface area contributed by atoms with Crippen molar-refractivity contribution in [3.05, 3.63) is 88.1 Å². The number of thiophene rings is 1. The van der Waals surface area contributed by atoms with Crippen molar-refractivity contribution in [2.24, 2.45) is 0 Å². The van der Waals surface area contributed by atoms with E-state index in [1.807, 2.05) is 79.9 Å². The highest BCUT2D eigenvalue weighted by molar-refractivity contribution is 7.08. The average molecular weight is 372 g/mol. The molecule has 4 rings (SSSR count). The maximum absolute atomic E-state index is 13.1. The fraction of sp³-hybridized carbons (Fsp3) is 0.130. The second kappa shape index (κ2) is 7.33. The summed E-state index contributed by atoms with van der Waals surface area (Å²) >= 11 is 1.62. The van der Waals surface area contributed by atoms with Gasteiger partial charge in [-0.05, 0) is 49.1 Å². The number of hydrogen-bond donors (Lipinski definition) is 1. The van der Waals surface area contributed by atoms with E-state index >= 15 is 0 Å². The molecule has 2 aromatic carbocycles. The standard InChI is InChI=1S/C23H20N2OS/c1-15-8-9-21-19(12-15)20(13-22(25-21)18-10-11-27-14-18)23(26)24-16(2)17-6-4-3-5-7-17/h3-14,16H,1-2H3,(H,24,26)/t16-/m0/s1. The molecule has 0 aliphatic carbocycles. The molecule has 1 N–H and O–H groups in total. The summed E-state index contributed by atoms with van der Waals surface area (Å²) in [5, 5.41) is 8.09. The summed E-state index contributed by atoms with van der Waals surface area (Å²) in [4.78, 5) is 17.9. The van der Waals surface area contributed by atoms with Gasteiger partial charge in [-0.1, -0.05) is 42.0 Å². The Morgan fingerprint density at radius 2 is 1.89 bits per heavy atom. The molecule has 0 aliphatic heterocycles. The first-order valence-corrected chi connectivity index (χ1v) is 9.86. The van der Waals surface area contributed by atoms with Crippen molar-refractivity contribution in [1.29, 1.82) is 0 Å². The molecule has 0 bridgehead atoms. The molecular weight excluding hydrogens is 352 g/mol. The zero-order valence-electron chi connectivity index (χ0n) is 15.3. The van der Waals surface area contributed by atoms with Crippen LogP contribution in [0.4, 0.5) is 0 Å². The lowest BCUT2D eigenvalue weighted by Gasteiger charge is -2.16. The molecule has 0 unspecified atom stereocenters. The fourth-order valence-corrected chi connectivity index (χ4v) is 3.83. The molecule has 0 aliphatic rings. The zero-order chi connectivity index (χ0) is 18.8. The third kappa shape index (κ3) is 3.62. The van der Waals surface area contributed by atoms with Gasteiger partial charge in [0.15, 0.2) is 0 Å². The number of nitrogens with zero attached hydrogens (tertiary/aromatic N) is 1. The molecule has 0 spiro atoms. The number of aryl methyl sites for hydroxylation is 1. The van der Waals surface area contributed by atoms with Crippen LogP contribution >= 0.6 is 11.3 Å². The van der Waals surface area contributed by atoms with Crippen molar-refractivity contribution in [2.45, 2.75) is 19.9 Å². The van der Waals surface area contributed by atoms with Crippen molar-refractivity contribution in [2.75, 3.05) is 0 Å². The van der Waals surface area contributed by atoms with Crippen LogP contribution in [-0.2, 0) is 0 Å². The minimum atomic E-state index is -0.0826. The Labute approximate surface area is 162 Å².